The molecule has 5 nitrogen and oxygen atoms in total. The number of hydrogen-bond acceptors (Lipinski definition) is 6. The Morgan fingerprint density at radius 3 is 2.48 bits per heavy atom. The Morgan fingerprint density at radius 1 is 1.28 bits per heavy atom. The third-order valence-electron chi connectivity index (χ3n) is 3.68. The largest absolute Gasteiger partial charge is 0.382 e. The fourth-order valence-electron chi connectivity index (χ4n) is 2.42. The smallest absolute Gasteiger partial charge is 0.148 e. The molecule has 2 rings (SSSR count). The van der Waals surface area contributed by atoms with Crippen molar-refractivity contribution >= 4 is 30.3 Å². The van der Waals surface area contributed by atoms with Gasteiger partial charge in [0, 0.05) is 16.7 Å². The van der Waals surface area contributed by atoms with Gasteiger partial charge in [0.1, 0.15) is 17.3 Å². The standard InChI is InChI=1S/C19H22N4OS/c1-12(18-13(2)23-24-14(18)3)10-17(19(20)21-4)22-11-15-6-8-16(25-5)9-7-15/h6-11H,4,20H2,1-3,5H3/b12-10+,19-17+,22-11+. The van der Waals surface area contributed by atoms with Crippen molar-refractivity contribution in [3.63, 3.8) is 0 Å². The summed E-state index contributed by atoms with van der Waals surface area (Å²) in [7, 11) is 0. The molecule has 0 saturated heterocycles. The van der Waals surface area contributed by atoms with Crippen molar-refractivity contribution in [2.75, 3.05) is 6.26 Å². The van der Waals surface area contributed by atoms with E-state index in [-0.39, 0.29) is 5.82 Å². The van der Waals surface area contributed by atoms with Gasteiger partial charge in [0.05, 0.1) is 5.69 Å². The van der Waals surface area contributed by atoms with E-state index < -0.39 is 0 Å². The first-order chi connectivity index (χ1) is 12.0. The maximum atomic E-state index is 5.95. The number of hydrogen-bond donors (Lipinski definition) is 1. The van der Waals surface area contributed by atoms with Crippen LogP contribution in [0.25, 0.3) is 5.57 Å². The van der Waals surface area contributed by atoms with Crippen LogP contribution >= 0.6 is 11.8 Å². The van der Waals surface area contributed by atoms with Gasteiger partial charge >= 0.3 is 0 Å². The van der Waals surface area contributed by atoms with Crippen LogP contribution in [0.1, 0.15) is 29.5 Å². The third kappa shape index (κ3) is 4.70. The predicted molar refractivity (Wildman–Crippen MR) is 106 cm³/mol. The van der Waals surface area contributed by atoms with Crippen LogP contribution < -0.4 is 5.73 Å². The minimum atomic E-state index is 0.267. The second-order valence-electron chi connectivity index (χ2n) is 5.49. The predicted octanol–water partition coefficient (Wildman–Crippen LogP) is 4.36. The fraction of sp³-hybridized carbons (Fsp3) is 0.211. The molecule has 130 valence electrons. The van der Waals surface area contributed by atoms with Crippen LogP contribution in [0.4, 0.5) is 0 Å². The van der Waals surface area contributed by atoms with Gasteiger partial charge in [-0.1, -0.05) is 17.3 Å². The molecular weight excluding hydrogens is 332 g/mol. The Balaban J connectivity index is 2.35. The van der Waals surface area contributed by atoms with E-state index in [1.165, 1.54) is 4.90 Å². The number of benzene rings is 1. The molecule has 0 unspecified atom stereocenters. The van der Waals surface area contributed by atoms with Crippen molar-refractivity contribution in [1.29, 1.82) is 0 Å². The lowest BCUT2D eigenvalue weighted by molar-refractivity contribution is 0.393. The van der Waals surface area contributed by atoms with Gasteiger partial charge in [-0.3, -0.25) is 4.99 Å². The van der Waals surface area contributed by atoms with Crippen molar-refractivity contribution in [3.05, 3.63) is 64.4 Å². The lowest BCUT2D eigenvalue weighted by atomic mass is 10.0. The Hall–Kier alpha value is -2.60. The molecule has 0 fully saturated rings. The Bertz CT molecular complexity index is 825. The molecule has 0 aliphatic rings. The highest BCUT2D eigenvalue weighted by molar-refractivity contribution is 7.98. The van der Waals surface area contributed by atoms with Gasteiger partial charge in [0.25, 0.3) is 0 Å². The van der Waals surface area contributed by atoms with E-state index in [0.29, 0.717) is 5.70 Å². The molecule has 25 heavy (non-hydrogen) atoms. The van der Waals surface area contributed by atoms with Crippen molar-refractivity contribution < 1.29 is 4.52 Å². The molecule has 0 aliphatic heterocycles. The first kappa shape index (κ1) is 18.7. The number of aromatic nitrogens is 1. The average molecular weight is 354 g/mol. The van der Waals surface area contributed by atoms with E-state index in [9.17, 15) is 0 Å². The lowest BCUT2D eigenvalue weighted by Crippen LogP contribution is -1.98. The molecule has 0 spiro atoms. The molecule has 0 bridgehead atoms. The second-order valence-corrected chi connectivity index (χ2v) is 6.37. The van der Waals surface area contributed by atoms with Crippen LogP contribution in [0.15, 0.2) is 61.3 Å². The zero-order valence-corrected chi connectivity index (χ0v) is 15.7. The second kappa shape index (κ2) is 8.48. The van der Waals surface area contributed by atoms with Gasteiger partial charge < -0.3 is 10.3 Å². The van der Waals surface area contributed by atoms with Crippen molar-refractivity contribution in [1.82, 2.24) is 5.16 Å². The summed E-state index contributed by atoms with van der Waals surface area (Å²) >= 11 is 1.70. The van der Waals surface area contributed by atoms with Gasteiger partial charge in [-0.05, 0) is 63.1 Å². The van der Waals surface area contributed by atoms with Crippen molar-refractivity contribution in [2.24, 2.45) is 15.7 Å². The maximum Gasteiger partial charge on any atom is 0.148 e. The molecule has 1 aromatic carbocycles. The topological polar surface area (TPSA) is 76.8 Å². The van der Waals surface area contributed by atoms with Crippen LogP contribution in [0.2, 0.25) is 0 Å². The molecule has 1 heterocycles. The molecule has 6 heteroatoms. The highest BCUT2D eigenvalue weighted by Crippen LogP contribution is 2.24. The summed E-state index contributed by atoms with van der Waals surface area (Å²) < 4.78 is 5.22. The summed E-state index contributed by atoms with van der Waals surface area (Å²) in [6.07, 6.45) is 5.67. The van der Waals surface area contributed by atoms with Crippen LogP contribution in [-0.2, 0) is 0 Å². The van der Waals surface area contributed by atoms with Gasteiger partial charge in [-0.2, -0.15) is 0 Å². The SMILES string of the molecule is C=N/C(N)=C(\C=C(/C)c1c(C)noc1C)/N=C/c1ccc(SC)cc1. The molecule has 0 radical (unpaired) electrons. The highest BCUT2D eigenvalue weighted by Gasteiger charge is 2.11. The average Bonchev–Trinajstić information content (AvgIpc) is 2.96. The minimum absolute atomic E-state index is 0.267. The number of aryl methyl sites for hydroxylation is 2. The normalized spacial score (nSPS) is 13.2. The number of aliphatic imine (C=N–C) groups is 2. The monoisotopic (exact) mass is 354 g/mol. The lowest BCUT2D eigenvalue weighted by Gasteiger charge is -2.03. The summed E-state index contributed by atoms with van der Waals surface area (Å²) in [5.74, 6) is 1.02. The van der Waals surface area contributed by atoms with Gasteiger partial charge in [0.15, 0.2) is 0 Å². The number of rotatable bonds is 6. The van der Waals surface area contributed by atoms with Crippen LogP contribution in [0, 0.1) is 13.8 Å². The number of nitrogens with two attached hydrogens (primary N) is 1. The van der Waals surface area contributed by atoms with E-state index in [2.05, 4.69) is 34.0 Å². The summed E-state index contributed by atoms with van der Waals surface area (Å²) in [6.45, 7) is 9.24. The highest BCUT2D eigenvalue weighted by atomic mass is 32.2. The first-order valence-corrected chi connectivity index (χ1v) is 8.95. The van der Waals surface area contributed by atoms with Crippen LogP contribution in [0.5, 0.6) is 0 Å². The maximum absolute atomic E-state index is 5.95. The first-order valence-electron chi connectivity index (χ1n) is 7.72. The van der Waals surface area contributed by atoms with Gasteiger partial charge in [-0.15, -0.1) is 11.8 Å². The molecular formula is C19H22N4OS. The Morgan fingerprint density at radius 2 is 1.96 bits per heavy atom. The number of allylic oxidation sites excluding steroid dienone is 2. The molecule has 2 aromatic rings. The zero-order valence-electron chi connectivity index (χ0n) is 14.9. The van der Waals surface area contributed by atoms with Gasteiger partial charge in [-0.25, -0.2) is 4.99 Å². The summed E-state index contributed by atoms with van der Waals surface area (Å²) in [5.41, 5.74) is 10.2. The van der Waals surface area contributed by atoms with Crippen LogP contribution in [0.3, 0.4) is 0 Å². The van der Waals surface area contributed by atoms with E-state index in [4.69, 9.17) is 10.3 Å². The molecule has 0 amide bonds. The Kier molecular flexibility index (Phi) is 6.36. The summed E-state index contributed by atoms with van der Waals surface area (Å²) in [5, 5.41) is 3.98. The third-order valence-corrected chi connectivity index (χ3v) is 4.43. The molecule has 0 saturated carbocycles. The summed E-state index contributed by atoms with van der Waals surface area (Å²) in [4.78, 5) is 9.51. The van der Waals surface area contributed by atoms with E-state index in [0.717, 1.165) is 28.2 Å². The van der Waals surface area contributed by atoms with Crippen molar-refractivity contribution in [3.8, 4) is 0 Å². The summed E-state index contributed by atoms with van der Waals surface area (Å²) in [6, 6.07) is 8.12. The minimum Gasteiger partial charge on any atom is -0.382 e. The quantitative estimate of drug-likeness (QED) is 0.475. The Labute approximate surface area is 152 Å². The molecule has 0 aliphatic carbocycles. The van der Waals surface area contributed by atoms with E-state index >= 15 is 0 Å². The van der Waals surface area contributed by atoms with Crippen molar-refractivity contribution in [2.45, 2.75) is 25.7 Å². The number of nitrogens with zero attached hydrogens (tertiary/aromatic N) is 3. The zero-order chi connectivity index (χ0) is 18.4. The molecule has 2 N–H and O–H groups in total. The van der Waals surface area contributed by atoms with E-state index in [1.54, 1.807) is 18.0 Å². The number of thioether (sulfide) groups is 1. The van der Waals surface area contributed by atoms with Crippen LogP contribution in [-0.4, -0.2) is 24.3 Å². The van der Waals surface area contributed by atoms with E-state index in [1.807, 2.05) is 45.2 Å². The molecule has 0 atom stereocenters. The molecule has 1 aromatic heterocycles. The fourth-order valence-corrected chi connectivity index (χ4v) is 2.82. The van der Waals surface area contributed by atoms with Gasteiger partial charge in [0.2, 0.25) is 0 Å².